The van der Waals surface area contributed by atoms with Gasteiger partial charge in [-0.3, -0.25) is 0 Å². The summed E-state index contributed by atoms with van der Waals surface area (Å²) in [5, 5.41) is 8.38. The molecular weight excluding hydrogens is 228 g/mol. The molecule has 2 aromatic rings. The van der Waals surface area contributed by atoms with Crippen LogP contribution in [0, 0.1) is 12.8 Å². The van der Waals surface area contributed by atoms with E-state index in [2.05, 4.69) is 27.4 Å². The van der Waals surface area contributed by atoms with Gasteiger partial charge in [0.25, 0.3) is 5.71 Å². The molecule has 0 saturated heterocycles. The molecule has 1 aliphatic rings. The minimum atomic E-state index is 0.508. The van der Waals surface area contributed by atoms with Gasteiger partial charge in [-0.2, -0.15) is 4.98 Å². The van der Waals surface area contributed by atoms with Crippen LogP contribution in [0.5, 0.6) is 0 Å². The van der Waals surface area contributed by atoms with E-state index < -0.39 is 0 Å². The Morgan fingerprint density at radius 1 is 1.22 bits per heavy atom. The van der Waals surface area contributed by atoms with E-state index >= 15 is 0 Å². The summed E-state index contributed by atoms with van der Waals surface area (Å²) in [6.45, 7) is 4.24. The summed E-state index contributed by atoms with van der Waals surface area (Å²) in [6, 6.07) is 0.508. The second-order valence-corrected chi connectivity index (χ2v) is 5.27. The predicted molar refractivity (Wildman–Crippen MR) is 69.4 cm³/mol. The number of nitrogens with one attached hydrogen (secondary N) is 1. The molecule has 1 aliphatic carbocycles. The first kappa shape index (κ1) is 11.4. The number of hydrogen-bond donors (Lipinski definition) is 1. The third-order valence-electron chi connectivity index (χ3n) is 3.80. The number of nitrogens with zero attached hydrogens (tertiary/aromatic N) is 3. The summed E-state index contributed by atoms with van der Waals surface area (Å²) in [6.07, 6.45) is 6.51. The van der Waals surface area contributed by atoms with Crippen LogP contribution in [-0.4, -0.2) is 21.2 Å². The van der Waals surface area contributed by atoms with E-state index in [1.165, 1.54) is 32.0 Å². The summed E-state index contributed by atoms with van der Waals surface area (Å²) >= 11 is 0. The maximum Gasteiger partial charge on any atom is 0.263 e. The van der Waals surface area contributed by atoms with Crippen LogP contribution in [0.15, 0.2) is 10.9 Å². The fourth-order valence-electron chi connectivity index (χ4n) is 2.63. The second kappa shape index (κ2) is 4.55. The van der Waals surface area contributed by atoms with Crippen LogP contribution in [0.1, 0.15) is 38.3 Å². The average molecular weight is 246 g/mol. The van der Waals surface area contributed by atoms with Gasteiger partial charge in [0.15, 0.2) is 0 Å². The highest BCUT2D eigenvalue weighted by Gasteiger charge is 2.20. The summed E-state index contributed by atoms with van der Waals surface area (Å²) in [7, 11) is 0. The van der Waals surface area contributed by atoms with Crippen molar-refractivity contribution in [2.75, 3.05) is 5.32 Å². The van der Waals surface area contributed by atoms with Crippen molar-refractivity contribution in [3.8, 4) is 0 Å². The Hall–Kier alpha value is -1.65. The van der Waals surface area contributed by atoms with Crippen molar-refractivity contribution in [1.29, 1.82) is 0 Å². The van der Waals surface area contributed by atoms with Crippen LogP contribution in [0.4, 0.5) is 5.82 Å². The maximum atomic E-state index is 5.15. The molecule has 0 atom stereocenters. The Kier molecular flexibility index (Phi) is 2.89. The van der Waals surface area contributed by atoms with Crippen LogP contribution in [0.3, 0.4) is 0 Å². The summed E-state index contributed by atoms with van der Waals surface area (Å²) in [5.74, 6) is 1.71. The summed E-state index contributed by atoms with van der Waals surface area (Å²) in [4.78, 5) is 8.42. The van der Waals surface area contributed by atoms with E-state index in [-0.39, 0.29) is 0 Å². The van der Waals surface area contributed by atoms with Crippen LogP contribution in [0.2, 0.25) is 0 Å². The molecule has 1 fully saturated rings. The molecule has 0 radical (unpaired) electrons. The van der Waals surface area contributed by atoms with E-state index in [0.29, 0.717) is 11.8 Å². The van der Waals surface area contributed by atoms with Gasteiger partial charge in [0.05, 0.1) is 5.69 Å². The minimum absolute atomic E-state index is 0.508. The lowest BCUT2D eigenvalue weighted by Crippen LogP contribution is -2.25. The molecule has 5 heteroatoms. The van der Waals surface area contributed by atoms with Crippen LogP contribution >= 0.6 is 0 Å². The molecule has 18 heavy (non-hydrogen) atoms. The van der Waals surface area contributed by atoms with Crippen molar-refractivity contribution in [2.24, 2.45) is 5.92 Å². The molecule has 1 N–H and O–H groups in total. The van der Waals surface area contributed by atoms with Crippen molar-refractivity contribution < 1.29 is 4.52 Å². The minimum Gasteiger partial charge on any atom is -0.367 e. The van der Waals surface area contributed by atoms with Gasteiger partial charge in [0.2, 0.25) is 0 Å². The molecule has 0 unspecified atom stereocenters. The Balaban J connectivity index is 1.84. The fourth-order valence-corrected chi connectivity index (χ4v) is 2.63. The molecule has 0 spiro atoms. The smallest absolute Gasteiger partial charge is 0.263 e. The normalized spacial score (nSPS) is 24.3. The lowest BCUT2D eigenvalue weighted by molar-refractivity contribution is 0.361. The lowest BCUT2D eigenvalue weighted by atomic mass is 9.87. The van der Waals surface area contributed by atoms with E-state index in [1.807, 2.05) is 6.92 Å². The Bertz CT molecular complexity index is 543. The standard InChI is InChI=1S/C13H18N4O/c1-8-3-5-10(6-4-8)16-12-11-9(2)17-18-13(11)15-7-14-12/h7-8,10H,3-6H2,1-2H3,(H,14,15,16). The molecule has 0 amide bonds. The van der Waals surface area contributed by atoms with E-state index in [9.17, 15) is 0 Å². The first-order valence-electron chi connectivity index (χ1n) is 6.57. The average Bonchev–Trinajstić information content (AvgIpc) is 2.75. The van der Waals surface area contributed by atoms with Gasteiger partial charge in [-0.1, -0.05) is 12.1 Å². The second-order valence-electron chi connectivity index (χ2n) is 5.27. The van der Waals surface area contributed by atoms with Gasteiger partial charge in [-0.15, -0.1) is 0 Å². The first-order chi connectivity index (χ1) is 8.74. The molecule has 1 saturated carbocycles. The Morgan fingerprint density at radius 3 is 2.78 bits per heavy atom. The zero-order valence-electron chi connectivity index (χ0n) is 10.8. The molecule has 0 aromatic carbocycles. The number of rotatable bonds is 2. The highest BCUT2D eigenvalue weighted by Crippen LogP contribution is 2.28. The quantitative estimate of drug-likeness (QED) is 0.882. The highest BCUT2D eigenvalue weighted by atomic mass is 16.5. The van der Waals surface area contributed by atoms with Gasteiger partial charge < -0.3 is 9.84 Å². The van der Waals surface area contributed by atoms with Gasteiger partial charge >= 0.3 is 0 Å². The molecule has 96 valence electrons. The van der Waals surface area contributed by atoms with Crippen molar-refractivity contribution in [1.82, 2.24) is 15.1 Å². The van der Waals surface area contributed by atoms with Crippen molar-refractivity contribution >= 4 is 16.9 Å². The molecule has 0 aliphatic heterocycles. The first-order valence-corrected chi connectivity index (χ1v) is 6.57. The van der Waals surface area contributed by atoms with Gasteiger partial charge in [-0.05, 0) is 38.5 Å². The number of anilines is 1. The van der Waals surface area contributed by atoms with Crippen LogP contribution < -0.4 is 5.32 Å². The summed E-state index contributed by atoms with van der Waals surface area (Å²) < 4.78 is 5.15. The zero-order valence-corrected chi connectivity index (χ0v) is 10.8. The molecule has 2 aromatic heterocycles. The van der Waals surface area contributed by atoms with Crippen LogP contribution in [0.25, 0.3) is 11.1 Å². The van der Waals surface area contributed by atoms with Gasteiger partial charge in [-0.25, -0.2) is 4.98 Å². The maximum absolute atomic E-state index is 5.15. The molecule has 3 rings (SSSR count). The fraction of sp³-hybridized carbons (Fsp3) is 0.615. The number of aromatic nitrogens is 3. The van der Waals surface area contributed by atoms with E-state index in [4.69, 9.17) is 4.52 Å². The monoisotopic (exact) mass is 246 g/mol. The number of fused-ring (bicyclic) bond motifs is 1. The SMILES string of the molecule is Cc1noc2ncnc(NC3CCC(C)CC3)c12. The third kappa shape index (κ3) is 2.05. The summed E-state index contributed by atoms with van der Waals surface area (Å²) in [5.41, 5.74) is 1.41. The molecule has 2 heterocycles. The van der Waals surface area contributed by atoms with Crippen LogP contribution in [-0.2, 0) is 0 Å². The molecule has 0 bridgehead atoms. The zero-order chi connectivity index (χ0) is 12.5. The van der Waals surface area contributed by atoms with Crippen molar-refractivity contribution in [3.05, 3.63) is 12.0 Å². The van der Waals surface area contributed by atoms with E-state index in [0.717, 1.165) is 22.8 Å². The Morgan fingerprint density at radius 2 is 2.00 bits per heavy atom. The Labute approximate surface area is 106 Å². The molecule has 5 nitrogen and oxygen atoms in total. The third-order valence-corrected chi connectivity index (χ3v) is 3.80. The van der Waals surface area contributed by atoms with Crippen molar-refractivity contribution in [2.45, 2.75) is 45.6 Å². The number of aryl methyl sites for hydroxylation is 1. The van der Waals surface area contributed by atoms with Crippen molar-refractivity contribution in [3.63, 3.8) is 0 Å². The lowest BCUT2D eigenvalue weighted by Gasteiger charge is -2.27. The van der Waals surface area contributed by atoms with Gasteiger partial charge in [0, 0.05) is 6.04 Å². The molecular formula is C13H18N4O. The van der Waals surface area contributed by atoms with E-state index in [1.54, 1.807) is 0 Å². The topological polar surface area (TPSA) is 63.8 Å². The largest absolute Gasteiger partial charge is 0.367 e. The predicted octanol–water partition coefficient (Wildman–Crippen LogP) is 2.92. The highest BCUT2D eigenvalue weighted by molar-refractivity contribution is 5.87. The number of hydrogen-bond acceptors (Lipinski definition) is 5. The van der Waals surface area contributed by atoms with Gasteiger partial charge in [0.1, 0.15) is 17.5 Å².